The molecule has 0 aliphatic carbocycles. The molecule has 0 amide bonds. The van der Waals surface area contributed by atoms with Crippen molar-refractivity contribution in [1.82, 2.24) is 0 Å². The van der Waals surface area contributed by atoms with Crippen LogP contribution in [0, 0.1) is 11.8 Å². The van der Waals surface area contributed by atoms with Crippen molar-refractivity contribution in [3.05, 3.63) is 12.2 Å². The highest BCUT2D eigenvalue weighted by molar-refractivity contribution is 4.82. The summed E-state index contributed by atoms with van der Waals surface area (Å²) in [4.78, 5) is 0. The van der Waals surface area contributed by atoms with Gasteiger partial charge in [0.2, 0.25) is 0 Å². The van der Waals surface area contributed by atoms with Gasteiger partial charge in [0.05, 0.1) is 0 Å². The summed E-state index contributed by atoms with van der Waals surface area (Å²) in [5.74, 6) is 1.79. The van der Waals surface area contributed by atoms with Crippen LogP contribution in [-0.4, -0.2) is 0 Å². The molecule has 0 aromatic heterocycles. The van der Waals surface area contributed by atoms with Gasteiger partial charge in [-0.2, -0.15) is 0 Å². The molecule has 0 aliphatic heterocycles. The SMILES string of the molecule is CCCCC/C=C/CCC(CCCCCCCCCCC)C(C)C. The molecule has 0 saturated heterocycles. The topological polar surface area (TPSA) is 0 Å². The first kappa shape index (κ1) is 23.7. The van der Waals surface area contributed by atoms with E-state index in [9.17, 15) is 0 Å². The van der Waals surface area contributed by atoms with Crippen LogP contribution in [0.15, 0.2) is 12.2 Å². The molecule has 0 bridgehead atoms. The molecular weight excluding hydrogens is 288 g/mol. The minimum Gasteiger partial charge on any atom is -0.0885 e. The lowest BCUT2D eigenvalue weighted by Gasteiger charge is -2.20. The van der Waals surface area contributed by atoms with E-state index in [0.717, 1.165) is 11.8 Å². The summed E-state index contributed by atoms with van der Waals surface area (Å²) in [5.41, 5.74) is 0. The first-order valence-corrected chi connectivity index (χ1v) is 11.4. The number of hydrogen-bond acceptors (Lipinski definition) is 0. The van der Waals surface area contributed by atoms with Crippen LogP contribution in [0.1, 0.15) is 130 Å². The number of hydrogen-bond donors (Lipinski definition) is 0. The highest BCUT2D eigenvalue weighted by Crippen LogP contribution is 2.24. The summed E-state index contributed by atoms with van der Waals surface area (Å²) in [6, 6.07) is 0. The van der Waals surface area contributed by atoms with Gasteiger partial charge >= 0.3 is 0 Å². The van der Waals surface area contributed by atoms with Gasteiger partial charge in [-0.3, -0.25) is 0 Å². The van der Waals surface area contributed by atoms with E-state index in [0.29, 0.717) is 0 Å². The second-order valence-electron chi connectivity index (χ2n) is 8.17. The lowest BCUT2D eigenvalue weighted by molar-refractivity contribution is 0.326. The van der Waals surface area contributed by atoms with E-state index < -0.39 is 0 Å². The Morgan fingerprint density at radius 2 is 1.04 bits per heavy atom. The van der Waals surface area contributed by atoms with Crippen molar-refractivity contribution in [3.63, 3.8) is 0 Å². The van der Waals surface area contributed by atoms with Crippen molar-refractivity contribution in [3.8, 4) is 0 Å². The Morgan fingerprint density at radius 3 is 1.62 bits per heavy atom. The lowest BCUT2D eigenvalue weighted by atomic mass is 9.86. The Labute approximate surface area is 154 Å². The fourth-order valence-corrected chi connectivity index (χ4v) is 3.59. The van der Waals surface area contributed by atoms with E-state index in [-0.39, 0.29) is 0 Å². The zero-order valence-corrected chi connectivity index (χ0v) is 17.6. The molecule has 1 unspecified atom stereocenters. The van der Waals surface area contributed by atoms with Gasteiger partial charge in [0.25, 0.3) is 0 Å². The van der Waals surface area contributed by atoms with Crippen molar-refractivity contribution >= 4 is 0 Å². The van der Waals surface area contributed by atoms with Gasteiger partial charge in [-0.1, -0.05) is 117 Å². The van der Waals surface area contributed by atoms with Gasteiger partial charge in [0.1, 0.15) is 0 Å². The van der Waals surface area contributed by atoms with Crippen molar-refractivity contribution in [2.45, 2.75) is 130 Å². The molecule has 0 nitrogen and oxygen atoms in total. The van der Waals surface area contributed by atoms with Gasteiger partial charge in [-0.15, -0.1) is 0 Å². The Hall–Kier alpha value is -0.260. The summed E-state index contributed by atoms with van der Waals surface area (Å²) in [7, 11) is 0. The standard InChI is InChI=1S/C24H48/c1-5-7-9-11-13-14-16-18-20-22-24(23(3)4)21-19-17-15-12-10-8-6-2/h15,17,23-24H,5-14,16,18-22H2,1-4H3/b17-15+. The molecule has 0 aliphatic rings. The fraction of sp³-hybridized carbons (Fsp3) is 0.917. The molecule has 0 saturated carbocycles. The molecule has 0 rings (SSSR count). The van der Waals surface area contributed by atoms with Crippen LogP contribution < -0.4 is 0 Å². The minimum atomic E-state index is 0.854. The molecule has 0 heteroatoms. The minimum absolute atomic E-state index is 0.854. The second-order valence-corrected chi connectivity index (χ2v) is 8.17. The van der Waals surface area contributed by atoms with E-state index in [4.69, 9.17) is 0 Å². The van der Waals surface area contributed by atoms with Crippen LogP contribution in [0.25, 0.3) is 0 Å². The monoisotopic (exact) mass is 336 g/mol. The lowest BCUT2D eigenvalue weighted by Crippen LogP contribution is -2.08. The van der Waals surface area contributed by atoms with Crippen LogP contribution in [-0.2, 0) is 0 Å². The first-order valence-electron chi connectivity index (χ1n) is 11.4. The highest BCUT2D eigenvalue weighted by Gasteiger charge is 2.11. The number of unbranched alkanes of at least 4 members (excludes halogenated alkanes) is 11. The maximum Gasteiger partial charge on any atom is -0.0348 e. The van der Waals surface area contributed by atoms with E-state index in [1.807, 2.05) is 0 Å². The maximum absolute atomic E-state index is 2.45. The Balaban J connectivity index is 3.56. The van der Waals surface area contributed by atoms with Gasteiger partial charge in [0, 0.05) is 0 Å². The zero-order valence-electron chi connectivity index (χ0n) is 17.6. The van der Waals surface area contributed by atoms with Gasteiger partial charge in [0.15, 0.2) is 0 Å². The molecule has 0 radical (unpaired) electrons. The van der Waals surface area contributed by atoms with Crippen molar-refractivity contribution < 1.29 is 0 Å². The van der Waals surface area contributed by atoms with E-state index in [1.165, 1.54) is 103 Å². The van der Waals surface area contributed by atoms with Gasteiger partial charge in [-0.05, 0) is 37.5 Å². The quantitative estimate of drug-likeness (QED) is 0.173. The summed E-state index contributed by atoms with van der Waals surface area (Å²) in [5, 5.41) is 0. The summed E-state index contributed by atoms with van der Waals surface area (Å²) >= 11 is 0. The smallest absolute Gasteiger partial charge is 0.0348 e. The average molecular weight is 337 g/mol. The van der Waals surface area contributed by atoms with Gasteiger partial charge < -0.3 is 0 Å². The summed E-state index contributed by atoms with van der Waals surface area (Å²) in [6.07, 6.45) is 27.5. The van der Waals surface area contributed by atoms with E-state index in [2.05, 4.69) is 39.8 Å². The van der Waals surface area contributed by atoms with Gasteiger partial charge in [-0.25, -0.2) is 0 Å². The molecule has 1 atom stereocenters. The molecule has 0 spiro atoms. The Bertz CT molecular complexity index is 251. The Morgan fingerprint density at radius 1 is 0.542 bits per heavy atom. The van der Waals surface area contributed by atoms with Crippen molar-refractivity contribution in [2.24, 2.45) is 11.8 Å². The van der Waals surface area contributed by atoms with Crippen molar-refractivity contribution in [2.75, 3.05) is 0 Å². The van der Waals surface area contributed by atoms with Crippen LogP contribution in [0.2, 0.25) is 0 Å². The molecule has 144 valence electrons. The summed E-state index contributed by atoms with van der Waals surface area (Å²) in [6.45, 7) is 9.42. The normalized spacial score (nSPS) is 13.2. The van der Waals surface area contributed by atoms with Crippen LogP contribution >= 0.6 is 0 Å². The Kier molecular flexibility index (Phi) is 18.9. The molecule has 0 aromatic carbocycles. The largest absolute Gasteiger partial charge is 0.0885 e. The predicted octanol–water partition coefficient (Wildman–Crippen LogP) is 9.10. The third kappa shape index (κ3) is 16.6. The van der Waals surface area contributed by atoms with Crippen LogP contribution in [0.4, 0.5) is 0 Å². The molecule has 0 aromatic rings. The molecule has 0 heterocycles. The fourth-order valence-electron chi connectivity index (χ4n) is 3.59. The molecule has 0 fully saturated rings. The van der Waals surface area contributed by atoms with Crippen molar-refractivity contribution in [1.29, 1.82) is 0 Å². The number of rotatable bonds is 18. The molecular formula is C24H48. The van der Waals surface area contributed by atoms with Crippen LogP contribution in [0.3, 0.4) is 0 Å². The average Bonchev–Trinajstić information content (AvgIpc) is 2.57. The second kappa shape index (κ2) is 19.1. The third-order valence-electron chi connectivity index (χ3n) is 5.47. The summed E-state index contributed by atoms with van der Waals surface area (Å²) < 4.78 is 0. The zero-order chi connectivity index (χ0) is 17.9. The number of allylic oxidation sites excluding steroid dienone is 2. The van der Waals surface area contributed by atoms with E-state index in [1.54, 1.807) is 0 Å². The third-order valence-corrected chi connectivity index (χ3v) is 5.47. The van der Waals surface area contributed by atoms with E-state index >= 15 is 0 Å². The van der Waals surface area contributed by atoms with Crippen LogP contribution in [0.5, 0.6) is 0 Å². The molecule has 24 heavy (non-hydrogen) atoms. The molecule has 0 N–H and O–H groups in total. The first-order chi connectivity index (χ1) is 11.7. The predicted molar refractivity (Wildman–Crippen MR) is 113 cm³/mol. The maximum atomic E-state index is 2.45. The highest BCUT2D eigenvalue weighted by atomic mass is 14.2.